The Bertz CT molecular complexity index is 313. The molecule has 0 unspecified atom stereocenters. The maximum Gasteiger partial charge on any atom is 1.00 e. The molecule has 0 fully saturated rings. The SMILES string of the molecule is N#Cc1ccc(C(=O)[O-])cc1.[Ag+]. The normalized spacial score (nSPS) is 7.92. The van der Waals surface area contributed by atoms with Crippen molar-refractivity contribution in [2.45, 2.75) is 0 Å². The quantitative estimate of drug-likeness (QED) is 0.658. The van der Waals surface area contributed by atoms with Gasteiger partial charge in [0.15, 0.2) is 0 Å². The second-order valence-corrected chi connectivity index (χ2v) is 1.98. The topological polar surface area (TPSA) is 63.9 Å². The number of benzene rings is 1. The Balaban J connectivity index is 0.00000121. The maximum absolute atomic E-state index is 10.2. The van der Waals surface area contributed by atoms with Gasteiger partial charge in [-0.3, -0.25) is 0 Å². The molecule has 0 radical (unpaired) electrons. The zero-order valence-corrected chi connectivity index (χ0v) is 7.36. The molecule has 1 aromatic rings. The van der Waals surface area contributed by atoms with Crippen LogP contribution in [0.1, 0.15) is 15.9 Å². The Hall–Kier alpha value is -1.08. The molecule has 1 rings (SSSR count). The van der Waals surface area contributed by atoms with Crippen molar-refractivity contribution in [3.8, 4) is 6.07 Å². The summed E-state index contributed by atoms with van der Waals surface area (Å²) in [6.07, 6.45) is 0. The molecule has 0 amide bonds. The Labute approximate surface area is 85.1 Å². The molecule has 12 heavy (non-hydrogen) atoms. The van der Waals surface area contributed by atoms with Crippen LogP contribution in [0.3, 0.4) is 0 Å². The number of hydrogen-bond acceptors (Lipinski definition) is 3. The van der Waals surface area contributed by atoms with Gasteiger partial charge >= 0.3 is 22.4 Å². The predicted molar refractivity (Wildman–Crippen MR) is 35.5 cm³/mol. The van der Waals surface area contributed by atoms with Crippen LogP contribution in [0.5, 0.6) is 0 Å². The first-order chi connectivity index (χ1) is 5.24. The molecule has 0 saturated carbocycles. The first-order valence-electron chi connectivity index (χ1n) is 2.95. The van der Waals surface area contributed by atoms with E-state index in [-0.39, 0.29) is 27.9 Å². The number of nitriles is 1. The van der Waals surface area contributed by atoms with Crippen molar-refractivity contribution in [1.82, 2.24) is 0 Å². The zero-order valence-electron chi connectivity index (χ0n) is 5.87. The fourth-order valence-corrected chi connectivity index (χ4v) is 0.681. The summed E-state index contributed by atoms with van der Waals surface area (Å²) >= 11 is 0. The van der Waals surface area contributed by atoms with Gasteiger partial charge in [0.05, 0.1) is 17.6 Å². The second kappa shape index (κ2) is 4.73. The summed E-state index contributed by atoms with van der Waals surface area (Å²) < 4.78 is 0. The Morgan fingerprint density at radius 3 is 2.17 bits per heavy atom. The van der Waals surface area contributed by atoms with Crippen LogP contribution in [0, 0.1) is 11.3 Å². The molecule has 0 N–H and O–H groups in total. The van der Waals surface area contributed by atoms with Crippen LogP contribution in [0.15, 0.2) is 24.3 Å². The number of hydrogen-bond donors (Lipinski definition) is 0. The summed E-state index contributed by atoms with van der Waals surface area (Å²) in [5, 5.41) is 18.6. The van der Waals surface area contributed by atoms with Gasteiger partial charge in [-0.2, -0.15) is 5.26 Å². The third-order valence-electron chi connectivity index (χ3n) is 1.25. The van der Waals surface area contributed by atoms with Gasteiger partial charge in [0.1, 0.15) is 0 Å². The molecule has 0 heterocycles. The van der Waals surface area contributed by atoms with Crippen LogP contribution in [0.4, 0.5) is 0 Å². The van der Waals surface area contributed by atoms with Crippen LogP contribution in [0.25, 0.3) is 0 Å². The minimum atomic E-state index is -1.23. The number of carboxylic acid groups (broad SMARTS) is 1. The van der Waals surface area contributed by atoms with Crippen molar-refractivity contribution < 1.29 is 32.3 Å². The molecule has 0 aliphatic rings. The average Bonchev–Trinajstić information content (AvgIpc) is 2.05. The van der Waals surface area contributed by atoms with Crippen molar-refractivity contribution in [3.05, 3.63) is 35.4 Å². The van der Waals surface area contributed by atoms with Crippen molar-refractivity contribution >= 4 is 5.97 Å². The van der Waals surface area contributed by atoms with Gasteiger partial charge in [-0.25, -0.2) is 0 Å². The molecule has 4 heteroatoms. The molecular formula is C8H4AgNO2. The van der Waals surface area contributed by atoms with E-state index in [1.165, 1.54) is 24.3 Å². The second-order valence-electron chi connectivity index (χ2n) is 1.98. The molecule has 0 bridgehead atoms. The van der Waals surface area contributed by atoms with Crippen LogP contribution < -0.4 is 5.11 Å². The van der Waals surface area contributed by atoms with E-state index in [1.807, 2.05) is 6.07 Å². The van der Waals surface area contributed by atoms with E-state index >= 15 is 0 Å². The van der Waals surface area contributed by atoms with Gasteiger partial charge in [0.25, 0.3) is 0 Å². The van der Waals surface area contributed by atoms with Crippen molar-refractivity contribution in [1.29, 1.82) is 5.26 Å². The van der Waals surface area contributed by atoms with Crippen LogP contribution in [-0.4, -0.2) is 5.97 Å². The molecule has 0 spiro atoms. The number of aromatic carboxylic acids is 1. The van der Waals surface area contributed by atoms with E-state index < -0.39 is 5.97 Å². The Morgan fingerprint density at radius 1 is 1.33 bits per heavy atom. The molecule has 3 nitrogen and oxygen atoms in total. The summed E-state index contributed by atoms with van der Waals surface area (Å²) in [6.45, 7) is 0. The van der Waals surface area contributed by atoms with Gasteiger partial charge < -0.3 is 9.90 Å². The van der Waals surface area contributed by atoms with Gasteiger partial charge in [0, 0.05) is 0 Å². The molecule has 1 aromatic carbocycles. The molecule has 0 aromatic heterocycles. The van der Waals surface area contributed by atoms with Crippen molar-refractivity contribution in [3.63, 3.8) is 0 Å². The summed E-state index contributed by atoms with van der Waals surface area (Å²) in [6, 6.07) is 7.43. The summed E-state index contributed by atoms with van der Waals surface area (Å²) in [5.41, 5.74) is 0.527. The van der Waals surface area contributed by atoms with E-state index in [1.54, 1.807) is 0 Å². The molecule has 0 saturated heterocycles. The van der Waals surface area contributed by atoms with E-state index in [0.717, 1.165) is 0 Å². The van der Waals surface area contributed by atoms with Gasteiger partial charge in [-0.1, -0.05) is 12.1 Å². The first kappa shape index (κ1) is 10.9. The van der Waals surface area contributed by atoms with E-state index in [0.29, 0.717) is 5.56 Å². The first-order valence-corrected chi connectivity index (χ1v) is 2.95. The number of carbonyl (C=O) groups excluding carboxylic acids is 1. The van der Waals surface area contributed by atoms with E-state index in [2.05, 4.69) is 0 Å². The Morgan fingerprint density at radius 2 is 1.83 bits per heavy atom. The van der Waals surface area contributed by atoms with Crippen molar-refractivity contribution in [2.75, 3.05) is 0 Å². The average molecular weight is 254 g/mol. The van der Waals surface area contributed by atoms with Crippen molar-refractivity contribution in [2.24, 2.45) is 0 Å². The Kier molecular flexibility index (Phi) is 4.30. The van der Waals surface area contributed by atoms with Gasteiger partial charge in [-0.15, -0.1) is 0 Å². The van der Waals surface area contributed by atoms with Crippen LogP contribution in [0.2, 0.25) is 0 Å². The minimum absolute atomic E-state index is 0. The molecule has 64 valence electrons. The standard InChI is InChI=1S/C8H5NO2.Ag/c9-5-6-1-3-7(4-2-6)8(10)11;/h1-4H,(H,10,11);/q;+1/p-1. The number of carbonyl (C=O) groups is 1. The largest absolute Gasteiger partial charge is 1.00 e. The fraction of sp³-hybridized carbons (Fsp3) is 0. The minimum Gasteiger partial charge on any atom is -0.545 e. The number of carboxylic acids is 1. The molecule has 0 aliphatic heterocycles. The fourth-order valence-electron chi connectivity index (χ4n) is 0.681. The molecule has 0 aliphatic carbocycles. The van der Waals surface area contributed by atoms with Gasteiger partial charge in [-0.05, 0) is 17.7 Å². The monoisotopic (exact) mass is 253 g/mol. The van der Waals surface area contributed by atoms with Crippen LogP contribution in [-0.2, 0) is 22.4 Å². The van der Waals surface area contributed by atoms with E-state index in [4.69, 9.17) is 5.26 Å². The summed E-state index contributed by atoms with van der Waals surface area (Å²) in [4.78, 5) is 10.2. The smallest absolute Gasteiger partial charge is 0.545 e. The zero-order chi connectivity index (χ0) is 8.27. The summed E-state index contributed by atoms with van der Waals surface area (Å²) in [7, 11) is 0. The predicted octanol–water partition coefficient (Wildman–Crippen LogP) is -0.0807. The van der Waals surface area contributed by atoms with E-state index in [9.17, 15) is 9.90 Å². The summed E-state index contributed by atoms with van der Waals surface area (Å²) in [5.74, 6) is -1.23. The van der Waals surface area contributed by atoms with Crippen LogP contribution >= 0.6 is 0 Å². The number of nitrogens with zero attached hydrogens (tertiary/aromatic N) is 1. The molecule has 0 atom stereocenters. The number of rotatable bonds is 1. The van der Waals surface area contributed by atoms with Gasteiger partial charge in [0.2, 0.25) is 0 Å². The maximum atomic E-state index is 10.2. The molecular weight excluding hydrogens is 250 g/mol. The third kappa shape index (κ3) is 2.51. The third-order valence-corrected chi connectivity index (χ3v) is 1.25.